The van der Waals surface area contributed by atoms with Gasteiger partial charge in [0.05, 0.1) is 39.4 Å². The summed E-state index contributed by atoms with van der Waals surface area (Å²) < 4.78 is 49.2. The summed E-state index contributed by atoms with van der Waals surface area (Å²) in [4.78, 5) is 21.1. The molecule has 4 aromatic heterocycles. The van der Waals surface area contributed by atoms with Crippen molar-refractivity contribution >= 4 is 40.4 Å². The number of rotatable bonds is 8. The molecule has 0 saturated carbocycles. The van der Waals surface area contributed by atoms with Gasteiger partial charge in [-0.3, -0.25) is 14.2 Å². The van der Waals surface area contributed by atoms with Crippen LogP contribution in [0, 0.1) is 0 Å². The first-order chi connectivity index (χ1) is 16.7. The normalized spacial score (nSPS) is 11.8. The fourth-order valence-electron chi connectivity index (χ4n) is 3.56. The summed E-state index contributed by atoms with van der Waals surface area (Å²) in [6.07, 6.45) is 2.39. The lowest BCUT2D eigenvalue weighted by molar-refractivity contribution is -0.143. The number of aromatic nitrogens is 5. The Morgan fingerprint density at radius 1 is 1.14 bits per heavy atom. The van der Waals surface area contributed by atoms with Gasteiger partial charge in [0.1, 0.15) is 5.82 Å². The Labute approximate surface area is 207 Å². The van der Waals surface area contributed by atoms with Gasteiger partial charge in [-0.25, -0.2) is 9.67 Å². The molecule has 0 aliphatic rings. The fourth-order valence-corrected chi connectivity index (χ4v) is 4.02. The van der Waals surface area contributed by atoms with Crippen molar-refractivity contribution < 1.29 is 22.7 Å². The summed E-state index contributed by atoms with van der Waals surface area (Å²) in [5, 5.41) is 6.82. The molecule has 4 heterocycles. The number of carbonyl (C=O) groups excluding carboxylic acids is 1. The Morgan fingerprint density at radius 3 is 2.66 bits per heavy atom. The average Bonchev–Trinajstić information content (AvgIpc) is 3.46. The van der Waals surface area contributed by atoms with Crippen LogP contribution in [0.2, 0.25) is 10.0 Å². The van der Waals surface area contributed by atoms with Crippen molar-refractivity contribution in [2.75, 3.05) is 19.0 Å². The highest BCUT2D eigenvalue weighted by atomic mass is 35.5. The SMILES string of the molecule is COCCCCc1ncc(NC(=O)c2cnn(-c3ccc(Cl)c4nccn34)c2C(F)(F)F)cc1Cl. The number of nitrogens with zero attached hydrogens (tertiary/aromatic N) is 5. The number of pyridine rings is 2. The van der Waals surface area contributed by atoms with Crippen LogP contribution in [-0.2, 0) is 17.3 Å². The van der Waals surface area contributed by atoms with E-state index >= 15 is 0 Å². The van der Waals surface area contributed by atoms with E-state index in [9.17, 15) is 18.0 Å². The molecule has 0 radical (unpaired) electrons. The molecule has 0 saturated heterocycles. The summed E-state index contributed by atoms with van der Waals surface area (Å²) in [7, 11) is 1.62. The van der Waals surface area contributed by atoms with E-state index in [2.05, 4.69) is 20.4 Å². The third-order valence-electron chi connectivity index (χ3n) is 5.17. The zero-order valence-electron chi connectivity index (χ0n) is 18.3. The maximum atomic E-state index is 14.1. The molecule has 0 atom stereocenters. The zero-order valence-corrected chi connectivity index (χ0v) is 19.8. The number of halogens is 5. The number of methoxy groups -OCH3 is 1. The van der Waals surface area contributed by atoms with Gasteiger partial charge < -0.3 is 10.1 Å². The molecular weight excluding hydrogens is 508 g/mol. The van der Waals surface area contributed by atoms with Crippen molar-refractivity contribution in [3.05, 3.63) is 70.0 Å². The van der Waals surface area contributed by atoms with E-state index in [4.69, 9.17) is 27.9 Å². The highest BCUT2D eigenvalue weighted by Crippen LogP contribution is 2.34. The molecule has 35 heavy (non-hydrogen) atoms. The molecule has 0 spiro atoms. The van der Waals surface area contributed by atoms with Crippen molar-refractivity contribution in [2.45, 2.75) is 25.4 Å². The van der Waals surface area contributed by atoms with E-state index < -0.39 is 23.3 Å². The maximum Gasteiger partial charge on any atom is 0.434 e. The molecule has 4 rings (SSSR count). The van der Waals surface area contributed by atoms with Gasteiger partial charge in [-0.2, -0.15) is 18.3 Å². The first kappa shape index (κ1) is 25.0. The molecule has 4 aromatic rings. The quantitative estimate of drug-likeness (QED) is 0.308. The van der Waals surface area contributed by atoms with E-state index in [-0.39, 0.29) is 22.2 Å². The lowest BCUT2D eigenvalue weighted by Gasteiger charge is -2.14. The maximum absolute atomic E-state index is 14.1. The van der Waals surface area contributed by atoms with Crippen LogP contribution >= 0.6 is 23.2 Å². The van der Waals surface area contributed by atoms with Gasteiger partial charge in [-0.15, -0.1) is 0 Å². The highest BCUT2D eigenvalue weighted by molar-refractivity contribution is 6.33. The Balaban J connectivity index is 1.63. The predicted octanol–water partition coefficient (Wildman–Crippen LogP) is 5.46. The Bertz CT molecular complexity index is 1370. The third-order valence-corrected chi connectivity index (χ3v) is 5.79. The average molecular weight is 527 g/mol. The van der Waals surface area contributed by atoms with Crippen LogP contribution in [0.3, 0.4) is 0 Å². The minimum absolute atomic E-state index is 0.0100. The number of aryl methyl sites for hydroxylation is 1. The minimum Gasteiger partial charge on any atom is -0.385 e. The molecule has 0 bridgehead atoms. The molecule has 184 valence electrons. The van der Waals surface area contributed by atoms with Gasteiger partial charge in [0.25, 0.3) is 5.91 Å². The largest absolute Gasteiger partial charge is 0.434 e. The molecule has 0 aliphatic heterocycles. The van der Waals surface area contributed by atoms with Gasteiger partial charge in [0.15, 0.2) is 11.3 Å². The van der Waals surface area contributed by atoms with Crippen molar-refractivity contribution in [1.29, 1.82) is 0 Å². The molecule has 0 aliphatic carbocycles. The Hall–Kier alpha value is -3.15. The number of nitrogens with one attached hydrogen (secondary N) is 1. The number of unbranched alkanes of at least 4 members (excludes halogenated alkanes) is 1. The second-order valence-corrected chi connectivity index (χ2v) is 8.35. The van der Waals surface area contributed by atoms with Crippen LogP contribution in [-0.4, -0.2) is 43.8 Å². The van der Waals surface area contributed by atoms with Crippen molar-refractivity contribution in [3.63, 3.8) is 0 Å². The van der Waals surface area contributed by atoms with Crippen molar-refractivity contribution in [1.82, 2.24) is 24.1 Å². The number of carbonyl (C=O) groups is 1. The molecule has 1 amide bonds. The lowest BCUT2D eigenvalue weighted by atomic mass is 10.1. The number of hydrogen-bond acceptors (Lipinski definition) is 5. The first-order valence-electron chi connectivity index (χ1n) is 10.4. The smallest absolute Gasteiger partial charge is 0.385 e. The number of ether oxygens (including phenoxy) is 1. The van der Waals surface area contributed by atoms with E-state index in [1.807, 2.05) is 0 Å². The number of amides is 1. The van der Waals surface area contributed by atoms with Crippen molar-refractivity contribution in [3.8, 4) is 5.82 Å². The zero-order chi connectivity index (χ0) is 25.2. The standard InChI is InChI=1S/C22H19Cl2F3N6O2/c1-35-9-3-2-4-17-16(24)10-13(11-29-17)31-21(34)14-12-30-33(19(14)22(25,26)27)18-6-5-15(23)20-28-7-8-32(18)20/h5-8,10-12H,2-4,9H2,1H3,(H,31,34). The molecule has 0 fully saturated rings. The van der Waals surface area contributed by atoms with E-state index in [0.29, 0.717) is 28.4 Å². The second kappa shape index (κ2) is 10.2. The molecular formula is C22H19Cl2F3N6O2. The van der Waals surface area contributed by atoms with E-state index in [1.165, 1.54) is 41.2 Å². The topological polar surface area (TPSA) is 86.3 Å². The predicted molar refractivity (Wildman–Crippen MR) is 124 cm³/mol. The van der Waals surface area contributed by atoms with Crippen LogP contribution in [0.25, 0.3) is 11.5 Å². The number of alkyl halides is 3. The Morgan fingerprint density at radius 2 is 1.94 bits per heavy atom. The van der Waals surface area contributed by atoms with Crippen LogP contribution < -0.4 is 5.32 Å². The summed E-state index contributed by atoms with van der Waals surface area (Å²) in [5.74, 6) is -0.999. The van der Waals surface area contributed by atoms with Crippen LogP contribution in [0.5, 0.6) is 0 Å². The first-order valence-corrected chi connectivity index (χ1v) is 11.2. The highest BCUT2D eigenvalue weighted by Gasteiger charge is 2.41. The third kappa shape index (κ3) is 5.26. The monoisotopic (exact) mass is 526 g/mol. The summed E-state index contributed by atoms with van der Waals surface area (Å²) >= 11 is 12.3. The number of hydrogen-bond donors (Lipinski definition) is 1. The van der Waals surface area contributed by atoms with E-state index in [1.54, 1.807) is 7.11 Å². The minimum atomic E-state index is -4.89. The summed E-state index contributed by atoms with van der Waals surface area (Å²) in [6.45, 7) is 0.614. The molecule has 0 unspecified atom stereocenters. The summed E-state index contributed by atoms with van der Waals surface area (Å²) in [6, 6.07) is 4.21. The van der Waals surface area contributed by atoms with Crippen LogP contribution in [0.4, 0.5) is 18.9 Å². The molecule has 8 nitrogen and oxygen atoms in total. The lowest BCUT2D eigenvalue weighted by Crippen LogP contribution is -2.21. The molecule has 13 heteroatoms. The Kier molecular flexibility index (Phi) is 7.29. The van der Waals surface area contributed by atoms with Gasteiger partial charge in [0.2, 0.25) is 0 Å². The number of imidazole rings is 1. The molecule has 0 aromatic carbocycles. The van der Waals surface area contributed by atoms with Crippen LogP contribution in [0.1, 0.15) is 34.6 Å². The fraction of sp³-hybridized carbons (Fsp3) is 0.273. The summed E-state index contributed by atoms with van der Waals surface area (Å²) in [5.41, 5.74) is -0.884. The van der Waals surface area contributed by atoms with Gasteiger partial charge in [-0.05, 0) is 37.5 Å². The van der Waals surface area contributed by atoms with Gasteiger partial charge in [0, 0.05) is 26.1 Å². The second-order valence-electron chi connectivity index (χ2n) is 7.53. The van der Waals surface area contributed by atoms with E-state index in [0.717, 1.165) is 19.0 Å². The van der Waals surface area contributed by atoms with Crippen LogP contribution in [0.15, 0.2) is 43.0 Å². The number of anilines is 1. The van der Waals surface area contributed by atoms with Crippen molar-refractivity contribution in [2.24, 2.45) is 0 Å². The molecule has 1 N–H and O–H groups in total. The van der Waals surface area contributed by atoms with Gasteiger partial charge >= 0.3 is 6.18 Å². The number of fused-ring (bicyclic) bond motifs is 1. The van der Waals surface area contributed by atoms with Gasteiger partial charge in [-0.1, -0.05) is 23.2 Å².